The van der Waals surface area contributed by atoms with E-state index < -0.39 is 0 Å². The van der Waals surface area contributed by atoms with Crippen LogP contribution in [0.3, 0.4) is 0 Å². The fourth-order valence-electron chi connectivity index (χ4n) is 4.83. The molecule has 1 heterocycles. The normalized spacial score (nSPS) is 30.0. The molecule has 106 valence electrons. The van der Waals surface area contributed by atoms with E-state index in [4.69, 9.17) is 0 Å². The molecule has 1 nitrogen and oxygen atoms in total. The van der Waals surface area contributed by atoms with Crippen molar-refractivity contribution >= 4 is 0 Å². The van der Waals surface area contributed by atoms with Crippen LogP contribution in [0, 0.1) is 10.8 Å². The molecule has 1 atom stereocenters. The van der Waals surface area contributed by atoms with E-state index in [0.29, 0.717) is 16.4 Å². The molecular weight excluding hydrogens is 218 g/mol. The van der Waals surface area contributed by atoms with Crippen LogP contribution in [0.2, 0.25) is 0 Å². The Labute approximate surface area is 114 Å². The van der Waals surface area contributed by atoms with E-state index in [2.05, 4.69) is 46.4 Å². The van der Waals surface area contributed by atoms with Gasteiger partial charge in [-0.15, -0.1) is 0 Å². The van der Waals surface area contributed by atoms with Crippen LogP contribution < -0.4 is 0 Å². The van der Waals surface area contributed by atoms with Crippen LogP contribution in [0.5, 0.6) is 0 Å². The van der Waals surface area contributed by atoms with E-state index in [9.17, 15) is 0 Å². The first-order chi connectivity index (χ1) is 8.17. The molecular formula is C17H33N. The number of hydrogen-bond acceptors (Lipinski definition) is 1. The van der Waals surface area contributed by atoms with Gasteiger partial charge in [0.1, 0.15) is 0 Å². The summed E-state index contributed by atoms with van der Waals surface area (Å²) in [6.07, 6.45) is 8.78. The summed E-state index contributed by atoms with van der Waals surface area (Å²) in [6.45, 7) is 15.9. The third kappa shape index (κ3) is 2.48. The minimum absolute atomic E-state index is 0.318. The molecule has 0 radical (unpaired) electrons. The summed E-state index contributed by atoms with van der Waals surface area (Å²) in [5, 5.41) is 0. The summed E-state index contributed by atoms with van der Waals surface area (Å²) in [6, 6.07) is 0.769. The zero-order chi connectivity index (χ0) is 13.6. The minimum Gasteiger partial charge on any atom is -0.294 e. The van der Waals surface area contributed by atoms with Gasteiger partial charge < -0.3 is 0 Å². The van der Waals surface area contributed by atoms with E-state index in [-0.39, 0.29) is 0 Å². The highest BCUT2D eigenvalue weighted by atomic mass is 15.3. The molecule has 0 aromatic rings. The van der Waals surface area contributed by atoms with Crippen molar-refractivity contribution in [1.82, 2.24) is 4.90 Å². The molecule has 0 N–H and O–H groups in total. The molecule has 0 aromatic carbocycles. The molecule has 0 amide bonds. The lowest BCUT2D eigenvalue weighted by Gasteiger charge is -2.51. The molecule has 2 aliphatic rings. The van der Waals surface area contributed by atoms with Crippen LogP contribution in [0.25, 0.3) is 0 Å². The van der Waals surface area contributed by atoms with Crippen molar-refractivity contribution in [2.75, 3.05) is 6.54 Å². The first-order valence-electron chi connectivity index (χ1n) is 7.94. The molecule has 1 unspecified atom stereocenters. The number of hydrogen-bond donors (Lipinski definition) is 0. The quantitative estimate of drug-likeness (QED) is 0.594. The minimum atomic E-state index is 0.318. The van der Waals surface area contributed by atoms with Crippen molar-refractivity contribution in [3.05, 3.63) is 0 Å². The van der Waals surface area contributed by atoms with Crippen molar-refractivity contribution in [3.8, 4) is 0 Å². The summed E-state index contributed by atoms with van der Waals surface area (Å²) >= 11 is 0. The average molecular weight is 251 g/mol. The van der Waals surface area contributed by atoms with Crippen LogP contribution in [0.4, 0.5) is 0 Å². The molecule has 2 fully saturated rings. The molecule has 1 saturated heterocycles. The van der Waals surface area contributed by atoms with E-state index in [0.717, 1.165) is 6.04 Å². The Morgan fingerprint density at radius 2 is 1.39 bits per heavy atom. The van der Waals surface area contributed by atoms with Crippen molar-refractivity contribution in [2.45, 2.75) is 91.6 Å². The van der Waals surface area contributed by atoms with Gasteiger partial charge in [-0.3, -0.25) is 4.90 Å². The fourth-order valence-corrected chi connectivity index (χ4v) is 4.83. The van der Waals surface area contributed by atoms with Gasteiger partial charge >= 0.3 is 0 Å². The molecule has 1 spiro atoms. The van der Waals surface area contributed by atoms with Gasteiger partial charge in [-0.2, -0.15) is 0 Å². The van der Waals surface area contributed by atoms with Crippen LogP contribution in [-0.2, 0) is 0 Å². The fraction of sp³-hybridized carbons (Fsp3) is 1.00. The maximum Gasteiger partial charge on any atom is 0.0206 e. The number of nitrogens with zero attached hydrogens (tertiary/aromatic N) is 1. The smallest absolute Gasteiger partial charge is 0.0206 e. The summed E-state index contributed by atoms with van der Waals surface area (Å²) in [5.74, 6) is 0. The second-order valence-corrected chi connectivity index (χ2v) is 8.81. The van der Waals surface area contributed by atoms with Gasteiger partial charge in [-0.25, -0.2) is 0 Å². The van der Waals surface area contributed by atoms with Crippen molar-refractivity contribution in [3.63, 3.8) is 0 Å². The highest BCUT2D eigenvalue weighted by Gasteiger charge is 2.54. The predicted molar refractivity (Wildman–Crippen MR) is 79.8 cm³/mol. The van der Waals surface area contributed by atoms with Crippen molar-refractivity contribution < 1.29 is 0 Å². The van der Waals surface area contributed by atoms with Gasteiger partial charge in [0.15, 0.2) is 0 Å². The Balaban J connectivity index is 2.32. The summed E-state index contributed by atoms with van der Waals surface area (Å²) in [4.78, 5) is 2.82. The zero-order valence-electron chi connectivity index (χ0n) is 13.5. The first kappa shape index (κ1) is 14.4. The van der Waals surface area contributed by atoms with Gasteiger partial charge in [-0.05, 0) is 57.4 Å². The highest BCUT2D eigenvalue weighted by molar-refractivity contribution is 5.07. The van der Waals surface area contributed by atoms with Gasteiger partial charge in [0.25, 0.3) is 0 Å². The third-order valence-corrected chi connectivity index (χ3v) is 5.27. The van der Waals surface area contributed by atoms with Gasteiger partial charge in [0.05, 0.1) is 0 Å². The Morgan fingerprint density at radius 3 is 1.83 bits per heavy atom. The first-order valence-corrected chi connectivity index (χ1v) is 7.94. The van der Waals surface area contributed by atoms with E-state index in [1.165, 1.54) is 45.1 Å². The number of rotatable bonds is 0. The lowest BCUT2D eigenvalue weighted by molar-refractivity contribution is -0.0125. The molecule has 2 rings (SSSR count). The van der Waals surface area contributed by atoms with E-state index in [1.54, 1.807) is 0 Å². The molecule has 18 heavy (non-hydrogen) atoms. The SMILES string of the molecule is CC(C)(C)C1N(C(C)(C)C)CCC12CCCCC2. The second kappa shape index (κ2) is 4.51. The third-order valence-electron chi connectivity index (χ3n) is 5.27. The highest BCUT2D eigenvalue weighted by Crippen LogP contribution is 2.55. The van der Waals surface area contributed by atoms with Crippen LogP contribution >= 0.6 is 0 Å². The second-order valence-electron chi connectivity index (χ2n) is 8.81. The van der Waals surface area contributed by atoms with Crippen LogP contribution in [0.1, 0.15) is 80.1 Å². The summed E-state index contributed by atoms with van der Waals surface area (Å²) in [7, 11) is 0. The van der Waals surface area contributed by atoms with Crippen molar-refractivity contribution in [1.29, 1.82) is 0 Å². The van der Waals surface area contributed by atoms with E-state index in [1.807, 2.05) is 0 Å². The van der Waals surface area contributed by atoms with E-state index >= 15 is 0 Å². The number of likely N-dealkylation sites (tertiary alicyclic amines) is 1. The summed E-state index contributed by atoms with van der Waals surface area (Å²) in [5.41, 5.74) is 1.35. The Hall–Kier alpha value is -0.0400. The van der Waals surface area contributed by atoms with Crippen LogP contribution in [-0.4, -0.2) is 23.0 Å². The van der Waals surface area contributed by atoms with Gasteiger partial charge in [0.2, 0.25) is 0 Å². The lowest BCUT2D eigenvalue weighted by atomic mass is 9.62. The monoisotopic (exact) mass is 251 g/mol. The Bertz CT molecular complexity index is 286. The maximum absolute atomic E-state index is 2.82. The predicted octanol–water partition coefficient (Wildman–Crippen LogP) is 4.86. The van der Waals surface area contributed by atoms with Crippen molar-refractivity contribution in [2.24, 2.45) is 10.8 Å². The Morgan fingerprint density at radius 1 is 0.833 bits per heavy atom. The largest absolute Gasteiger partial charge is 0.294 e. The molecule has 0 aromatic heterocycles. The average Bonchev–Trinajstić information content (AvgIpc) is 2.57. The van der Waals surface area contributed by atoms with Crippen LogP contribution in [0.15, 0.2) is 0 Å². The topological polar surface area (TPSA) is 3.24 Å². The Kier molecular flexibility index (Phi) is 3.60. The molecule has 1 heteroatoms. The molecule has 1 saturated carbocycles. The lowest BCUT2D eigenvalue weighted by Crippen LogP contribution is -2.55. The summed E-state index contributed by atoms with van der Waals surface area (Å²) < 4.78 is 0. The molecule has 0 bridgehead atoms. The maximum atomic E-state index is 2.82. The zero-order valence-corrected chi connectivity index (χ0v) is 13.5. The standard InChI is InChI=1S/C17H33N/c1-15(2,3)14-17(10-8-7-9-11-17)12-13-18(14)16(4,5)6/h14H,7-13H2,1-6H3. The van der Waals surface area contributed by atoms with Gasteiger partial charge in [0, 0.05) is 11.6 Å². The molecule has 1 aliphatic heterocycles. The molecule has 1 aliphatic carbocycles. The van der Waals surface area contributed by atoms with Gasteiger partial charge in [-0.1, -0.05) is 40.0 Å².